The van der Waals surface area contributed by atoms with Gasteiger partial charge in [-0.05, 0) is 60.0 Å². The Morgan fingerprint density at radius 2 is 1.63 bits per heavy atom. The number of halogens is 1. The Labute approximate surface area is 246 Å². The second-order valence-corrected chi connectivity index (χ2v) is 10.7. The van der Waals surface area contributed by atoms with Crippen molar-refractivity contribution in [2.24, 2.45) is 0 Å². The maximum absolute atomic E-state index is 14.2. The van der Waals surface area contributed by atoms with Gasteiger partial charge in [0.2, 0.25) is 5.91 Å². The minimum Gasteiger partial charge on any atom is -0.495 e. The first-order chi connectivity index (χ1) is 19.9. The van der Waals surface area contributed by atoms with Crippen molar-refractivity contribution in [1.82, 2.24) is 14.4 Å². The largest absolute Gasteiger partial charge is 0.495 e. The highest BCUT2D eigenvalue weighted by Gasteiger charge is 2.24. The maximum atomic E-state index is 14.2. The number of benzene rings is 3. The standard InChI is InChI=1S/C33H35ClN4O3/c1-25(39)38-18-8-15-35(23-26-9-4-3-5-10-26)19-20-37(24-28-11-13-29(34)22-30(28)38)33(40)27-12-14-32(41-2)31(21-27)36-16-6-7-17-36/h3-7,9-14,16-17,21-22H,8,15,18-20,23-24H2,1-2H3. The van der Waals surface area contributed by atoms with Crippen LogP contribution in [0.4, 0.5) is 5.69 Å². The van der Waals surface area contributed by atoms with Gasteiger partial charge in [-0.3, -0.25) is 14.5 Å². The first-order valence-electron chi connectivity index (χ1n) is 13.9. The molecule has 2 amide bonds. The molecule has 0 atom stereocenters. The molecule has 0 radical (unpaired) electrons. The average Bonchev–Trinajstić information content (AvgIpc) is 3.51. The predicted molar refractivity (Wildman–Crippen MR) is 163 cm³/mol. The number of hydrogen-bond acceptors (Lipinski definition) is 4. The van der Waals surface area contributed by atoms with Gasteiger partial charge in [0, 0.05) is 69.2 Å². The van der Waals surface area contributed by atoms with E-state index < -0.39 is 0 Å². The van der Waals surface area contributed by atoms with E-state index >= 15 is 0 Å². The van der Waals surface area contributed by atoms with E-state index in [9.17, 15) is 9.59 Å². The summed E-state index contributed by atoms with van der Waals surface area (Å²) >= 11 is 6.41. The first-order valence-corrected chi connectivity index (χ1v) is 14.2. The van der Waals surface area contributed by atoms with Crippen LogP contribution in [0.25, 0.3) is 5.69 Å². The van der Waals surface area contributed by atoms with Gasteiger partial charge in [-0.25, -0.2) is 0 Å². The number of fused-ring (bicyclic) bond motifs is 1. The Kier molecular flexibility index (Phi) is 9.07. The van der Waals surface area contributed by atoms with Crippen LogP contribution < -0.4 is 9.64 Å². The number of carbonyl (C=O) groups is 2. The summed E-state index contributed by atoms with van der Waals surface area (Å²) in [7, 11) is 1.63. The third-order valence-electron chi connectivity index (χ3n) is 7.47. The molecule has 0 unspecified atom stereocenters. The van der Waals surface area contributed by atoms with Gasteiger partial charge in [0.05, 0.1) is 18.5 Å². The molecule has 2 heterocycles. The third kappa shape index (κ3) is 6.81. The van der Waals surface area contributed by atoms with Gasteiger partial charge in [0.1, 0.15) is 5.75 Å². The molecular formula is C33H35ClN4O3. The van der Waals surface area contributed by atoms with E-state index in [1.54, 1.807) is 18.9 Å². The van der Waals surface area contributed by atoms with Crippen LogP contribution in [0.3, 0.4) is 0 Å². The van der Waals surface area contributed by atoms with Gasteiger partial charge in [0.25, 0.3) is 5.91 Å². The summed E-state index contributed by atoms with van der Waals surface area (Å²) in [5.74, 6) is 0.545. The third-order valence-corrected chi connectivity index (χ3v) is 7.70. The molecule has 0 N–H and O–H groups in total. The fourth-order valence-electron chi connectivity index (χ4n) is 5.36. The molecule has 1 aliphatic rings. The summed E-state index contributed by atoms with van der Waals surface area (Å²) in [6.45, 7) is 5.27. The fourth-order valence-corrected chi connectivity index (χ4v) is 5.52. The molecule has 0 spiro atoms. The van der Waals surface area contributed by atoms with Crippen LogP contribution >= 0.6 is 11.6 Å². The molecule has 0 aliphatic carbocycles. The van der Waals surface area contributed by atoms with Crippen molar-refractivity contribution in [3.05, 3.63) is 113 Å². The number of amides is 2. The van der Waals surface area contributed by atoms with Crippen molar-refractivity contribution in [2.75, 3.05) is 38.2 Å². The number of carbonyl (C=O) groups excluding carboxylic acids is 2. The molecule has 0 saturated carbocycles. The SMILES string of the molecule is COc1ccc(C(=O)N2CCN(Cc3ccccc3)CCCN(C(C)=O)c3cc(Cl)ccc3C2)cc1-n1cccc1. The summed E-state index contributed by atoms with van der Waals surface area (Å²) < 4.78 is 7.53. The molecule has 5 rings (SSSR count). The highest BCUT2D eigenvalue weighted by Crippen LogP contribution is 2.29. The molecule has 0 bridgehead atoms. The first kappa shape index (κ1) is 28.5. The van der Waals surface area contributed by atoms with E-state index in [1.807, 2.05) is 88.6 Å². The number of methoxy groups -OCH3 is 1. The smallest absolute Gasteiger partial charge is 0.254 e. The second-order valence-electron chi connectivity index (χ2n) is 10.3. The summed E-state index contributed by atoms with van der Waals surface area (Å²) in [4.78, 5) is 33.0. The van der Waals surface area contributed by atoms with Crippen LogP contribution in [0.5, 0.6) is 5.75 Å². The Morgan fingerprint density at radius 1 is 0.854 bits per heavy atom. The van der Waals surface area contributed by atoms with E-state index in [-0.39, 0.29) is 11.8 Å². The van der Waals surface area contributed by atoms with Crippen molar-refractivity contribution in [1.29, 1.82) is 0 Å². The highest BCUT2D eigenvalue weighted by atomic mass is 35.5. The van der Waals surface area contributed by atoms with Gasteiger partial charge in [-0.1, -0.05) is 48.0 Å². The molecule has 212 valence electrons. The Balaban J connectivity index is 1.51. The predicted octanol–water partition coefficient (Wildman–Crippen LogP) is 6.04. The van der Waals surface area contributed by atoms with Crippen molar-refractivity contribution in [2.45, 2.75) is 26.4 Å². The normalized spacial score (nSPS) is 14.7. The lowest BCUT2D eigenvalue weighted by molar-refractivity contribution is -0.116. The summed E-state index contributed by atoms with van der Waals surface area (Å²) in [5.41, 5.74) is 4.21. The number of hydrogen-bond donors (Lipinski definition) is 0. The van der Waals surface area contributed by atoms with Gasteiger partial charge in [-0.2, -0.15) is 0 Å². The molecule has 3 aromatic carbocycles. The number of rotatable bonds is 5. The molecule has 0 fully saturated rings. The van der Waals surface area contributed by atoms with E-state index in [1.165, 1.54) is 5.56 Å². The summed E-state index contributed by atoms with van der Waals surface area (Å²) in [5, 5.41) is 0.556. The zero-order valence-electron chi connectivity index (χ0n) is 23.5. The van der Waals surface area contributed by atoms with Crippen LogP contribution in [0.1, 0.15) is 34.8 Å². The summed E-state index contributed by atoms with van der Waals surface area (Å²) in [6.07, 6.45) is 4.65. The van der Waals surface area contributed by atoms with Crippen molar-refractivity contribution >= 4 is 29.1 Å². The van der Waals surface area contributed by atoms with Crippen molar-refractivity contribution in [3.63, 3.8) is 0 Å². The minimum atomic E-state index is -0.0877. The van der Waals surface area contributed by atoms with Gasteiger partial charge >= 0.3 is 0 Å². The van der Waals surface area contributed by atoms with Crippen LogP contribution in [0, 0.1) is 0 Å². The van der Waals surface area contributed by atoms with E-state index in [0.717, 1.165) is 36.4 Å². The highest BCUT2D eigenvalue weighted by molar-refractivity contribution is 6.31. The Bertz CT molecular complexity index is 1490. The van der Waals surface area contributed by atoms with E-state index in [2.05, 4.69) is 17.0 Å². The molecule has 7 nitrogen and oxygen atoms in total. The number of ether oxygens (including phenoxy) is 1. The molecule has 1 aromatic heterocycles. The Morgan fingerprint density at radius 3 is 2.37 bits per heavy atom. The Hall–Kier alpha value is -4.07. The van der Waals surface area contributed by atoms with Crippen LogP contribution in [0.15, 0.2) is 91.3 Å². The number of nitrogens with zero attached hydrogens (tertiary/aromatic N) is 4. The zero-order chi connectivity index (χ0) is 28.8. The van der Waals surface area contributed by atoms with Crippen molar-refractivity contribution in [3.8, 4) is 11.4 Å². The quantitative estimate of drug-likeness (QED) is 0.293. The second kappa shape index (κ2) is 13.1. The average molecular weight is 571 g/mol. The topological polar surface area (TPSA) is 58.0 Å². The number of anilines is 1. The van der Waals surface area contributed by atoms with E-state index in [0.29, 0.717) is 42.5 Å². The maximum Gasteiger partial charge on any atom is 0.254 e. The van der Waals surface area contributed by atoms with Gasteiger partial charge in [-0.15, -0.1) is 0 Å². The fraction of sp³-hybridized carbons (Fsp3) is 0.273. The summed E-state index contributed by atoms with van der Waals surface area (Å²) in [6, 6.07) is 25.3. The number of aromatic nitrogens is 1. The van der Waals surface area contributed by atoms with Crippen LogP contribution in [-0.4, -0.2) is 59.5 Å². The molecular weight excluding hydrogens is 536 g/mol. The molecule has 0 saturated heterocycles. The van der Waals surface area contributed by atoms with E-state index in [4.69, 9.17) is 16.3 Å². The molecule has 4 aromatic rings. The molecule has 41 heavy (non-hydrogen) atoms. The zero-order valence-corrected chi connectivity index (χ0v) is 24.3. The van der Waals surface area contributed by atoms with Gasteiger partial charge < -0.3 is 19.1 Å². The lowest BCUT2D eigenvalue weighted by Gasteiger charge is -2.28. The lowest BCUT2D eigenvalue weighted by atomic mass is 10.1. The molecule has 8 heteroatoms. The van der Waals surface area contributed by atoms with Crippen LogP contribution in [-0.2, 0) is 17.9 Å². The molecule has 1 aliphatic heterocycles. The lowest BCUT2D eigenvalue weighted by Crippen LogP contribution is -2.38. The van der Waals surface area contributed by atoms with Crippen molar-refractivity contribution < 1.29 is 14.3 Å². The monoisotopic (exact) mass is 570 g/mol. The minimum absolute atomic E-state index is 0.0493. The van der Waals surface area contributed by atoms with Gasteiger partial charge in [0.15, 0.2) is 0 Å². The van der Waals surface area contributed by atoms with Crippen LogP contribution in [0.2, 0.25) is 5.02 Å².